The summed E-state index contributed by atoms with van der Waals surface area (Å²) in [7, 11) is 0. The van der Waals surface area contributed by atoms with E-state index in [2.05, 4.69) is 27.0 Å². The predicted octanol–water partition coefficient (Wildman–Crippen LogP) is 3.25. The quantitative estimate of drug-likeness (QED) is 0.769. The molecule has 0 aliphatic rings. The highest BCUT2D eigenvalue weighted by Crippen LogP contribution is 2.27. The third-order valence-electron chi connectivity index (χ3n) is 2.12. The van der Waals surface area contributed by atoms with Crippen molar-refractivity contribution in [2.75, 3.05) is 0 Å². The summed E-state index contributed by atoms with van der Waals surface area (Å²) in [5.74, 6) is -0.348. The van der Waals surface area contributed by atoms with E-state index < -0.39 is 0 Å². The van der Waals surface area contributed by atoms with Crippen molar-refractivity contribution in [2.45, 2.75) is 6.92 Å². The van der Waals surface area contributed by atoms with Gasteiger partial charge in [-0.25, -0.2) is 4.39 Å². The van der Waals surface area contributed by atoms with E-state index >= 15 is 0 Å². The molecule has 0 saturated carbocycles. The number of halogens is 2. The first-order valence-corrected chi connectivity index (χ1v) is 4.80. The maximum Gasteiger partial charge on any atom is 0.148 e. The summed E-state index contributed by atoms with van der Waals surface area (Å²) in [5, 5.41) is 9.50. The molecular formula is C10H6BrFN2. The Morgan fingerprint density at radius 2 is 2.21 bits per heavy atom. The van der Waals surface area contributed by atoms with E-state index in [0.717, 1.165) is 0 Å². The normalized spacial score (nSPS) is 10.4. The molecule has 0 amide bonds. The molecule has 1 aromatic heterocycles. The summed E-state index contributed by atoms with van der Waals surface area (Å²) in [6, 6.07) is 5.16. The Morgan fingerprint density at radius 1 is 1.50 bits per heavy atom. The van der Waals surface area contributed by atoms with Gasteiger partial charge in [-0.1, -0.05) is 15.9 Å². The maximum atomic E-state index is 13.4. The topological polar surface area (TPSA) is 39.6 Å². The Morgan fingerprint density at radius 3 is 2.86 bits per heavy atom. The Labute approximate surface area is 88.5 Å². The Balaban J connectivity index is 2.97. The van der Waals surface area contributed by atoms with Gasteiger partial charge in [0.2, 0.25) is 0 Å². The number of nitrogens with one attached hydrogen (secondary N) is 1. The van der Waals surface area contributed by atoms with Crippen LogP contribution in [-0.4, -0.2) is 4.98 Å². The minimum absolute atomic E-state index is 0.348. The van der Waals surface area contributed by atoms with Crippen LogP contribution in [0.3, 0.4) is 0 Å². The van der Waals surface area contributed by atoms with E-state index in [4.69, 9.17) is 5.26 Å². The highest BCUT2D eigenvalue weighted by Gasteiger charge is 2.11. The first-order chi connectivity index (χ1) is 6.63. The fourth-order valence-corrected chi connectivity index (χ4v) is 1.92. The van der Waals surface area contributed by atoms with Crippen LogP contribution in [0.2, 0.25) is 0 Å². The van der Waals surface area contributed by atoms with Crippen molar-refractivity contribution in [2.24, 2.45) is 0 Å². The van der Waals surface area contributed by atoms with E-state index in [1.807, 2.05) is 0 Å². The lowest BCUT2D eigenvalue weighted by molar-refractivity contribution is 0.636. The minimum atomic E-state index is -0.348. The lowest BCUT2D eigenvalue weighted by Gasteiger charge is -1.94. The molecule has 2 nitrogen and oxygen atoms in total. The van der Waals surface area contributed by atoms with Crippen molar-refractivity contribution in [3.05, 3.63) is 33.7 Å². The second-order valence-corrected chi connectivity index (χ2v) is 3.96. The van der Waals surface area contributed by atoms with Gasteiger partial charge in [0.15, 0.2) is 0 Å². The fraction of sp³-hybridized carbons (Fsp3) is 0.100. The number of aromatic amines is 1. The van der Waals surface area contributed by atoms with Crippen molar-refractivity contribution in [1.29, 1.82) is 5.26 Å². The van der Waals surface area contributed by atoms with Crippen LogP contribution in [0.4, 0.5) is 4.39 Å². The van der Waals surface area contributed by atoms with Crippen LogP contribution in [0.1, 0.15) is 11.3 Å². The SMILES string of the molecule is Cc1[nH]c2c(F)cc(Br)cc2c1C#N. The third-order valence-corrected chi connectivity index (χ3v) is 2.58. The number of nitriles is 1. The number of rotatable bonds is 0. The van der Waals surface area contributed by atoms with E-state index in [0.29, 0.717) is 26.6 Å². The summed E-state index contributed by atoms with van der Waals surface area (Å²) in [6.45, 7) is 1.76. The van der Waals surface area contributed by atoms with E-state index in [9.17, 15) is 4.39 Å². The third kappa shape index (κ3) is 1.21. The minimum Gasteiger partial charge on any atom is -0.355 e. The zero-order valence-corrected chi connectivity index (χ0v) is 8.94. The second-order valence-electron chi connectivity index (χ2n) is 3.05. The predicted molar refractivity (Wildman–Crippen MR) is 55.4 cm³/mol. The number of benzene rings is 1. The summed E-state index contributed by atoms with van der Waals surface area (Å²) < 4.78 is 14.0. The molecule has 0 bridgehead atoms. The lowest BCUT2D eigenvalue weighted by Crippen LogP contribution is -1.78. The highest BCUT2D eigenvalue weighted by molar-refractivity contribution is 9.10. The van der Waals surface area contributed by atoms with Crippen molar-refractivity contribution in [3.8, 4) is 6.07 Å². The molecule has 0 unspecified atom stereocenters. The Kier molecular flexibility index (Phi) is 2.05. The van der Waals surface area contributed by atoms with Gasteiger partial charge >= 0.3 is 0 Å². The number of aryl methyl sites for hydroxylation is 1. The number of aromatic nitrogens is 1. The molecule has 1 heterocycles. The smallest absolute Gasteiger partial charge is 0.148 e. The molecule has 70 valence electrons. The molecular weight excluding hydrogens is 247 g/mol. The summed E-state index contributed by atoms with van der Waals surface area (Å²) in [4.78, 5) is 2.86. The second kappa shape index (κ2) is 3.10. The molecule has 4 heteroatoms. The van der Waals surface area contributed by atoms with Gasteiger partial charge in [-0.3, -0.25) is 0 Å². The van der Waals surface area contributed by atoms with Crippen molar-refractivity contribution >= 4 is 26.8 Å². The number of fused-ring (bicyclic) bond motifs is 1. The summed E-state index contributed by atoms with van der Waals surface area (Å²) >= 11 is 3.19. The van der Waals surface area contributed by atoms with Gasteiger partial charge in [0.05, 0.1) is 11.1 Å². The number of nitrogens with zero attached hydrogens (tertiary/aromatic N) is 1. The van der Waals surface area contributed by atoms with Gasteiger partial charge < -0.3 is 4.98 Å². The molecule has 0 saturated heterocycles. The molecule has 0 atom stereocenters. The highest BCUT2D eigenvalue weighted by atomic mass is 79.9. The van der Waals surface area contributed by atoms with E-state index in [1.165, 1.54) is 6.07 Å². The molecule has 0 aliphatic carbocycles. The summed E-state index contributed by atoms with van der Waals surface area (Å²) in [5.41, 5.74) is 1.59. The molecule has 0 fully saturated rings. The van der Waals surface area contributed by atoms with Crippen LogP contribution < -0.4 is 0 Å². The van der Waals surface area contributed by atoms with Crippen LogP contribution in [0.5, 0.6) is 0 Å². The van der Waals surface area contributed by atoms with Gasteiger partial charge in [-0.05, 0) is 19.1 Å². The Hall–Kier alpha value is -1.34. The average molecular weight is 253 g/mol. The van der Waals surface area contributed by atoms with Crippen LogP contribution >= 0.6 is 15.9 Å². The molecule has 0 radical (unpaired) electrons. The first kappa shape index (κ1) is 9.22. The number of hydrogen-bond acceptors (Lipinski definition) is 1. The number of hydrogen-bond donors (Lipinski definition) is 1. The van der Waals surface area contributed by atoms with Crippen molar-refractivity contribution in [1.82, 2.24) is 4.98 Å². The fourth-order valence-electron chi connectivity index (χ4n) is 1.49. The van der Waals surface area contributed by atoms with Crippen LogP contribution in [0.25, 0.3) is 10.9 Å². The molecule has 1 N–H and O–H groups in total. The lowest BCUT2D eigenvalue weighted by atomic mass is 10.1. The first-order valence-electron chi connectivity index (χ1n) is 4.01. The largest absolute Gasteiger partial charge is 0.355 e. The maximum absolute atomic E-state index is 13.4. The van der Waals surface area contributed by atoms with Crippen LogP contribution in [0, 0.1) is 24.1 Å². The van der Waals surface area contributed by atoms with E-state index in [-0.39, 0.29) is 5.82 Å². The Bertz CT molecular complexity index is 551. The molecule has 0 aliphatic heterocycles. The van der Waals surface area contributed by atoms with Crippen molar-refractivity contribution < 1.29 is 4.39 Å². The van der Waals surface area contributed by atoms with Crippen LogP contribution in [-0.2, 0) is 0 Å². The molecule has 2 aromatic rings. The zero-order valence-electron chi connectivity index (χ0n) is 7.36. The van der Waals surface area contributed by atoms with Crippen molar-refractivity contribution in [3.63, 3.8) is 0 Å². The van der Waals surface area contributed by atoms with E-state index in [1.54, 1.807) is 13.0 Å². The summed E-state index contributed by atoms with van der Waals surface area (Å²) in [6.07, 6.45) is 0. The zero-order chi connectivity index (χ0) is 10.3. The van der Waals surface area contributed by atoms with Gasteiger partial charge in [0, 0.05) is 15.6 Å². The molecule has 14 heavy (non-hydrogen) atoms. The monoisotopic (exact) mass is 252 g/mol. The standard InChI is InChI=1S/C10H6BrFN2/c1-5-8(4-13)7-2-6(11)3-9(12)10(7)14-5/h2-3,14H,1H3. The van der Waals surface area contributed by atoms with Gasteiger partial charge in [0.1, 0.15) is 11.9 Å². The average Bonchev–Trinajstić information content (AvgIpc) is 2.41. The molecule has 2 rings (SSSR count). The van der Waals surface area contributed by atoms with Gasteiger partial charge in [0.25, 0.3) is 0 Å². The molecule has 0 spiro atoms. The molecule has 1 aromatic carbocycles. The van der Waals surface area contributed by atoms with Crippen LogP contribution in [0.15, 0.2) is 16.6 Å². The van der Waals surface area contributed by atoms with Gasteiger partial charge in [-0.2, -0.15) is 5.26 Å². The van der Waals surface area contributed by atoms with Gasteiger partial charge in [-0.15, -0.1) is 0 Å². The number of H-pyrrole nitrogens is 1.